The van der Waals surface area contributed by atoms with E-state index in [1.54, 1.807) is 0 Å². The lowest BCUT2D eigenvalue weighted by molar-refractivity contribution is -0.147. The van der Waals surface area contributed by atoms with Crippen LogP contribution in [0.25, 0.3) is 0 Å². The second-order valence-electron chi connectivity index (χ2n) is 14.0. The molecule has 0 aromatic heterocycles. The van der Waals surface area contributed by atoms with Gasteiger partial charge in [-0.25, -0.2) is 4.57 Å². The molecular formula is C47H78NO8P. The van der Waals surface area contributed by atoms with Gasteiger partial charge in [-0.3, -0.25) is 18.6 Å². The highest BCUT2D eigenvalue weighted by Gasteiger charge is 2.23. The molecule has 0 saturated heterocycles. The summed E-state index contributed by atoms with van der Waals surface area (Å²) < 4.78 is 26.8. The average molecular weight is 816 g/mol. The molecule has 0 fully saturated rings. The largest absolute Gasteiger partial charge is 0.472 e. The van der Waals surface area contributed by atoms with E-state index in [9.17, 15) is 24.2 Å². The number of hydrogen-bond donors (Lipinski definition) is 3. The Morgan fingerprint density at radius 2 is 0.965 bits per heavy atom. The summed E-state index contributed by atoms with van der Waals surface area (Å²) in [5.74, 6) is -0.614. The Morgan fingerprint density at radius 3 is 1.42 bits per heavy atom. The van der Waals surface area contributed by atoms with E-state index < -0.39 is 26.5 Å². The van der Waals surface area contributed by atoms with Crippen molar-refractivity contribution in [1.29, 1.82) is 0 Å². The molecule has 0 aliphatic carbocycles. The molecule has 0 bridgehead atoms. The van der Waals surface area contributed by atoms with Crippen LogP contribution in [0.3, 0.4) is 0 Å². The summed E-state index contributed by atoms with van der Waals surface area (Å²) in [5, 5.41) is 12.7. The number of aliphatic hydroxyl groups excluding tert-OH is 1. The van der Waals surface area contributed by atoms with Crippen molar-refractivity contribution in [3.63, 3.8) is 0 Å². The highest BCUT2D eigenvalue weighted by atomic mass is 31.2. The number of allylic oxidation sites excluding steroid dienone is 16. The third-order valence-electron chi connectivity index (χ3n) is 8.49. The van der Waals surface area contributed by atoms with Crippen molar-refractivity contribution in [3.05, 3.63) is 97.2 Å². The van der Waals surface area contributed by atoms with Crippen molar-refractivity contribution in [2.45, 2.75) is 161 Å². The molecule has 0 aromatic rings. The van der Waals surface area contributed by atoms with E-state index in [-0.39, 0.29) is 32.1 Å². The first-order valence-corrected chi connectivity index (χ1v) is 23.2. The van der Waals surface area contributed by atoms with Crippen LogP contribution in [0.4, 0.5) is 0 Å². The van der Waals surface area contributed by atoms with Crippen molar-refractivity contribution >= 4 is 19.7 Å². The van der Waals surface area contributed by atoms with E-state index in [4.69, 9.17) is 13.8 Å². The molecule has 2 atom stereocenters. The van der Waals surface area contributed by atoms with E-state index in [1.165, 1.54) is 51.4 Å². The summed E-state index contributed by atoms with van der Waals surface area (Å²) in [5.41, 5.74) is 0. The van der Waals surface area contributed by atoms with Crippen LogP contribution >= 0.6 is 7.82 Å². The molecule has 2 unspecified atom stereocenters. The van der Waals surface area contributed by atoms with Crippen LogP contribution < -0.4 is 5.32 Å². The number of aliphatic hydroxyl groups is 1. The van der Waals surface area contributed by atoms with Gasteiger partial charge in [-0.05, 0) is 96.3 Å². The van der Waals surface area contributed by atoms with Crippen LogP contribution in [0, 0.1) is 0 Å². The number of carbonyl (C=O) groups is 2. The van der Waals surface area contributed by atoms with E-state index in [2.05, 4.69) is 110 Å². The fraction of sp³-hybridized carbons (Fsp3) is 0.617. The maximum Gasteiger partial charge on any atom is 0.472 e. The minimum Gasteiger partial charge on any atom is -0.463 e. The summed E-state index contributed by atoms with van der Waals surface area (Å²) >= 11 is 0. The first kappa shape index (κ1) is 53.9. The lowest BCUT2D eigenvalue weighted by atomic mass is 10.1. The van der Waals surface area contributed by atoms with Crippen LogP contribution in [0.1, 0.15) is 155 Å². The number of esters is 1. The van der Waals surface area contributed by atoms with Gasteiger partial charge in [0.2, 0.25) is 5.91 Å². The van der Waals surface area contributed by atoms with E-state index >= 15 is 0 Å². The number of carbonyl (C=O) groups excluding carboxylic acids is 2. The number of rotatable bonds is 39. The van der Waals surface area contributed by atoms with Gasteiger partial charge in [0.05, 0.1) is 13.2 Å². The molecule has 0 rings (SSSR count). The van der Waals surface area contributed by atoms with Gasteiger partial charge in [0.25, 0.3) is 0 Å². The molecule has 0 saturated carbocycles. The first-order valence-electron chi connectivity index (χ1n) is 21.7. The van der Waals surface area contributed by atoms with Crippen LogP contribution in [-0.4, -0.2) is 54.3 Å². The number of hydrogen-bond acceptors (Lipinski definition) is 7. The summed E-state index contributed by atoms with van der Waals surface area (Å²) in [6.07, 6.45) is 54.8. The number of amides is 1. The maximum absolute atomic E-state index is 12.1. The fourth-order valence-electron chi connectivity index (χ4n) is 5.18. The van der Waals surface area contributed by atoms with Gasteiger partial charge in [-0.1, -0.05) is 143 Å². The van der Waals surface area contributed by atoms with Gasteiger partial charge in [0.1, 0.15) is 12.7 Å². The lowest BCUT2D eigenvalue weighted by Gasteiger charge is -2.15. The third-order valence-corrected chi connectivity index (χ3v) is 9.47. The predicted octanol–water partition coefficient (Wildman–Crippen LogP) is 12.2. The van der Waals surface area contributed by atoms with Gasteiger partial charge in [0, 0.05) is 19.4 Å². The summed E-state index contributed by atoms with van der Waals surface area (Å²) in [4.78, 5) is 33.9. The SMILES string of the molecule is CCCCC/C=C\C/C=C\C/C=C\C/C=C\CCCCCC(=O)NCCOP(=O)(O)OCC(O)COC(=O)CCC/C=C\C/C=C\C/C=C\C/C=C\CCCCC. The molecule has 57 heavy (non-hydrogen) atoms. The number of ether oxygens (including phenoxy) is 1. The number of nitrogens with one attached hydrogen (secondary N) is 1. The van der Waals surface area contributed by atoms with Gasteiger partial charge < -0.3 is 20.1 Å². The zero-order valence-electron chi connectivity index (χ0n) is 35.5. The van der Waals surface area contributed by atoms with Crippen molar-refractivity contribution < 1.29 is 37.9 Å². The van der Waals surface area contributed by atoms with Gasteiger partial charge in [0.15, 0.2) is 0 Å². The van der Waals surface area contributed by atoms with Crippen LogP contribution in [0.15, 0.2) is 97.2 Å². The third kappa shape index (κ3) is 43.9. The highest BCUT2D eigenvalue weighted by Crippen LogP contribution is 2.42. The molecule has 324 valence electrons. The molecule has 9 nitrogen and oxygen atoms in total. The average Bonchev–Trinajstić information content (AvgIpc) is 3.20. The number of unbranched alkanes of at least 4 members (excludes halogenated alkanes) is 10. The van der Waals surface area contributed by atoms with E-state index in [0.29, 0.717) is 12.8 Å². The Labute approximate surface area is 346 Å². The molecule has 1 amide bonds. The predicted molar refractivity (Wildman–Crippen MR) is 238 cm³/mol. The van der Waals surface area contributed by atoms with Gasteiger partial charge in [-0.15, -0.1) is 0 Å². The summed E-state index contributed by atoms with van der Waals surface area (Å²) in [6, 6.07) is 0. The summed E-state index contributed by atoms with van der Waals surface area (Å²) in [6.45, 7) is 3.37. The van der Waals surface area contributed by atoms with Crippen LogP contribution in [0.5, 0.6) is 0 Å². The first-order chi connectivity index (χ1) is 27.8. The van der Waals surface area contributed by atoms with E-state index in [0.717, 1.165) is 70.6 Å². The van der Waals surface area contributed by atoms with Crippen molar-refractivity contribution in [3.8, 4) is 0 Å². The fourth-order valence-corrected chi connectivity index (χ4v) is 5.93. The van der Waals surface area contributed by atoms with Crippen molar-refractivity contribution in [2.24, 2.45) is 0 Å². The minimum absolute atomic E-state index is 0.0518. The smallest absolute Gasteiger partial charge is 0.463 e. The van der Waals surface area contributed by atoms with Crippen molar-refractivity contribution in [2.75, 3.05) is 26.4 Å². The Kier molecular flexibility index (Phi) is 40.2. The number of phosphoric acid groups is 1. The quantitative estimate of drug-likeness (QED) is 0.0242. The number of phosphoric ester groups is 1. The van der Waals surface area contributed by atoms with Gasteiger partial charge in [-0.2, -0.15) is 0 Å². The van der Waals surface area contributed by atoms with E-state index in [1.807, 2.05) is 6.08 Å². The second kappa shape index (κ2) is 42.5. The molecule has 0 aliphatic heterocycles. The molecule has 0 radical (unpaired) electrons. The Balaban J connectivity index is 3.76. The normalized spacial score (nSPS) is 14.2. The standard InChI is InChI=1S/C47H78NO8P/c1-3-5-7-9-11-13-15-17-19-21-22-24-25-27-29-31-33-35-37-39-46(50)48-41-42-55-57(52,53)56-44-45(49)43-54-47(51)40-38-36-34-32-30-28-26-23-20-18-16-14-12-10-8-6-4-2/h11-14,17-20,22,24,26-29,32,34,45,49H,3-10,15-16,21,23,25,30-31,33,35-44H2,1-2H3,(H,48,50)(H,52,53)/b13-11-,14-12-,19-17-,20-18-,24-22-,28-26-,29-27-,34-32-. The zero-order valence-corrected chi connectivity index (χ0v) is 36.4. The molecule has 0 aromatic carbocycles. The molecule has 10 heteroatoms. The molecule has 0 aliphatic rings. The molecule has 0 heterocycles. The Morgan fingerprint density at radius 1 is 0.544 bits per heavy atom. The van der Waals surface area contributed by atoms with Crippen LogP contribution in [-0.2, 0) is 27.9 Å². The zero-order chi connectivity index (χ0) is 41.8. The van der Waals surface area contributed by atoms with Gasteiger partial charge >= 0.3 is 13.8 Å². The monoisotopic (exact) mass is 816 g/mol. The molecule has 3 N–H and O–H groups in total. The topological polar surface area (TPSA) is 131 Å². The molecule has 0 spiro atoms. The maximum atomic E-state index is 12.1. The summed E-state index contributed by atoms with van der Waals surface area (Å²) in [7, 11) is -4.45. The van der Waals surface area contributed by atoms with Crippen molar-refractivity contribution in [1.82, 2.24) is 5.32 Å². The lowest BCUT2D eigenvalue weighted by Crippen LogP contribution is -2.27. The molecular weight excluding hydrogens is 737 g/mol. The Bertz CT molecular complexity index is 1250. The Hall–Kier alpha value is -3.07. The highest BCUT2D eigenvalue weighted by molar-refractivity contribution is 7.47. The minimum atomic E-state index is -4.45. The van der Waals surface area contributed by atoms with Crippen LogP contribution in [0.2, 0.25) is 0 Å². The second-order valence-corrected chi connectivity index (χ2v) is 15.4.